The molecule has 2 aliphatic rings. The van der Waals surface area contributed by atoms with Gasteiger partial charge in [-0.1, -0.05) is 19.9 Å². The molecule has 3 heteroatoms. The summed E-state index contributed by atoms with van der Waals surface area (Å²) in [6.07, 6.45) is 9.13. The number of nitrogens with one attached hydrogen (secondary N) is 1. The van der Waals surface area contributed by atoms with Gasteiger partial charge in [0, 0.05) is 12.6 Å². The van der Waals surface area contributed by atoms with Gasteiger partial charge in [-0.05, 0) is 57.0 Å². The number of hydrogen-bond acceptors (Lipinski definition) is 3. The van der Waals surface area contributed by atoms with Crippen LogP contribution in [0.3, 0.4) is 0 Å². The summed E-state index contributed by atoms with van der Waals surface area (Å²) < 4.78 is 5.88. The molecule has 0 saturated carbocycles. The highest BCUT2D eigenvalue weighted by Crippen LogP contribution is 2.22. The summed E-state index contributed by atoms with van der Waals surface area (Å²) >= 11 is 0. The van der Waals surface area contributed by atoms with Gasteiger partial charge in [0.1, 0.15) is 12.4 Å². The van der Waals surface area contributed by atoms with Crippen molar-refractivity contribution in [1.29, 1.82) is 0 Å². The second-order valence-corrected chi connectivity index (χ2v) is 5.96. The molecule has 2 atom stereocenters. The summed E-state index contributed by atoms with van der Waals surface area (Å²) in [6, 6.07) is 0.722. The molecule has 1 N–H and O–H groups in total. The fraction of sp³-hybridized carbons (Fsp3) is 0.750. The van der Waals surface area contributed by atoms with Crippen molar-refractivity contribution in [2.45, 2.75) is 32.7 Å². The monoisotopic (exact) mass is 264 g/mol. The Hall–Kier alpha value is -0.800. The molecule has 1 aliphatic heterocycles. The Morgan fingerprint density at radius 2 is 2.00 bits per heavy atom. The molecule has 2 unspecified atom stereocenters. The van der Waals surface area contributed by atoms with Crippen LogP contribution in [0.1, 0.15) is 26.7 Å². The van der Waals surface area contributed by atoms with Crippen LogP contribution in [-0.2, 0) is 4.74 Å². The van der Waals surface area contributed by atoms with E-state index in [1.54, 1.807) is 0 Å². The standard InChI is InChI=1S/C16H28N2O/c1-13-4-5-16(12-14(13)2)19-11-10-18(3)15-6-8-17-9-7-15/h4-5,12-15,17H,6-11H2,1-3H3. The van der Waals surface area contributed by atoms with Gasteiger partial charge in [-0.25, -0.2) is 0 Å². The van der Waals surface area contributed by atoms with Crippen LogP contribution in [0.15, 0.2) is 24.0 Å². The van der Waals surface area contributed by atoms with Gasteiger partial charge in [-0.2, -0.15) is 0 Å². The zero-order valence-electron chi connectivity index (χ0n) is 12.6. The second kappa shape index (κ2) is 7.11. The molecule has 2 rings (SSSR count). The van der Waals surface area contributed by atoms with Crippen LogP contribution < -0.4 is 5.32 Å². The first-order chi connectivity index (χ1) is 9.16. The maximum Gasteiger partial charge on any atom is 0.115 e. The molecule has 1 heterocycles. The van der Waals surface area contributed by atoms with E-state index in [0.717, 1.165) is 38.0 Å². The minimum atomic E-state index is 0.585. The Morgan fingerprint density at radius 3 is 2.68 bits per heavy atom. The first-order valence-electron chi connectivity index (χ1n) is 7.60. The molecule has 0 amide bonds. The van der Waals surface area contributed by atoms with Crippen LogP contribution in [-0.4, -0.2) is 44.2 Å². The maximum atomic E-state index is 5.88. The van der Waals surface area contributed by atoms with E-state index in [-0.39, 0.29) is 0 Å². The fourth-order valence-corrected chi connectivity index (χ4v) is 2.72. The largest absolute Gasteiger partial charge is 0.493 e. The normalized spacial score (nSPS) is 28.5. The highest BCUT2D eigenvalue weighted by molar-refractivity contribution is 5.19. The van der Waals surface area contributed by atoms with E-state index in [4.69, 9.17) is 4.74 Å². The molecule has 1 saturated heterocycles. The lowest BCUT2D eigenvalue weighted by atomic mass is 9.91. The summed E-state index contributed by atoms with van der Waals surface area (Å²) in [5.74, 6) is 2.26. The average Bonchev–Trinajstić information content (AvgIpc) is 2.43. The summed E-state index contributed by atoms with van der Waals surface area (Å²) in [5.41, 5.74) is 0. The van der Waals surface area contributed by atoms with E-state index >= 15 is 0 Å². The van der Waals surface area contributed by atoms with E-state index in [0.29, 0.717) is 11.8 Å². The predicted octanol–water partition coefficient (Wildman–Crippen LogP) is 2.41. The van der Waals surface area contributed by atoms with E-state index in [1.165, 1.54) is 12.8 Å². The number of piperidine rings is 1. The zero-order valence-corrected chi connectivity index (χ0v) is 12.6. The van der Waals surface area contributed by atoms with Crippen LogP contribution in [0.5, 0.6) is 0 Å². The lowest BCUT2D eigenvalue weighted by molar-refractivity contribution is 0.135. The van der Waals surface area contributed by atoms with Crippen LogP contribution in [0, 0.1) is 11.8 Å². The van der Waals surface area contributed by atoms with Crippen molar-refractivity contribution >= 4 is 0 Å². The summed E-state index contributed by atoms with van der Waals surface area (Å²) in [6.45, 7) is 8.60. The van der Waals surface area contributed by atoms with E-state index < -0.39 is 0 Å². The van der Waals surface area contributed by atoms with Gasteiger partial charge in [-0.15, -0.1) is 0 Å². The van der Waals surface area contributed by atoms with Gasteiger partial charge in [0.2, 0.25) is 0 Å². The van der Waals surface area contributed by atoms with Gasteiger partial charge in [-0.3, -0.25) is 4.90 Å². The molecule has 108 valence electrons. The Kier molecular flexibility index (Phi) is 5.46. The van der Waals surface area contributed by atoms with Crippen molar-refractivity contribution in [2.75, 3.05) is 33.3 Å². The Morgan fingerprint density at radius 1 is 1.26 bits per heavy atom. The molecule has 1 aliphatic carbocycles. The van der Waals surface area contributed by atoms with Gasteiger partial charge in [0.15, 0.2) is 0 Å². The Balaban J connectivity index is 1.68. The van der Waals surface area contributed by atoms with Crippen molar-refractivity contribution in [3.63, 3.8) is 0 Å². The molecule has 0 aromatic heterocycles. The number of rotatable bonds is 5. The van der Waals surface area contributed by atoms with Crippen molar-refractivity contribution in [1.82, 2.24) is 10.2 Å². The number of nitrogens with zero attached hydrogens (tertiary/aromatic N) is 1. The zero-order chi connectivity index (χ0) is 13.7. The van der Waals surface area contributed by atoms with Crippen LogP contribution >= 0.6 is 0 Å². The molecular formula is C16H28N2O. The van der Waals surface area contributed by atoms with Gasteiger partial charge in [0.25, 0.3) is 0 Å². The summed E-state index contributed by atoms with van der Waals surface area (Å²) in [7, 11) is 2.22. The highest BCUT2D eigenvalue weighted by Gasteiger charge is 2.17. The molecule has 1 fully saturated rings. The number of hydrogen-bond donors (Lipinski definition) is 1. The lowest BCUT2D eigenvalue weighted by Gasteiger charge is -2.31. The Bertz CT molecular complexity index is 332. The molecule has 0 aromatic carbocycles. The third-order valence-corrected chi connectivity index (χ3v) is 4.47. The van der Waals surface area contributed by atoms with Gasteiger partial charge in [0.05, 0.1) is 0 Å². The molecule has 0 spiro atoms. The predicted molar refractivity (Wildman–Crippen MR) is 80.0 cm³/mol. The van der Waals surface area contributed by atoms with E-state index in [2.05, 4.69) is 49.3 Å². The number of ether oxygens (including phenoxy) is 1. The first-order valence-corrected chi connectivity index (χ1v) is 7.60. The molecule has 0 aromatic rings. The maximum absolute atomic E-state index is 5.88. The second-order valence-electron chi connectivity index (χ2n) is 5.96. The average molecular weight is 264 g/mol. The van der Waals surface area contributed by atoms with Gasteiger partial charge < -0.3 is 10.1 Å². The summed E-state index contributed by atoms with van der Waals surface area (Å²) in [5, 5.41) is 3.41. The fourth-order valence-electron chi connectivity index (χ4n) is 2.72. The molecular weight excluding hydrogens is 236 g/mol. The van der Waals surface area contributed by atoms with E-state index in [1.807, 2.05) is 0 Å². The van der Waals surface area contributed by atoms with Crippen molar-refractivity contribution < 1.29 is 4.74 Å². The minimum absolute atomic E-state index is 0.585. The van der Waals surface area contributed by atoms with Crippen LogP contribution in [0.2, 0.25) is 0 Å². The quantitative estimate of drug-likeness (QED) is 0.825. The third-order valence-electron chi connectivity index (χ3n) is 4.47. The molecule has 3 nitrogen and oxygen atoms in total. The Labute approximate surface area is 117 Å². The molecule has 19 heavy (non-hydrogen) atoms. The third kappa shape index (κ3) is 4.36. The van der Waals surface area contributed by atoms with Crippen LogP contribution in [0.4, 0.5) is 0 Å². The van der Waals surface area contributed by atoms with Crippen LogP contribution in [0.25, 0.3) is 0 Å². The van der Waals surface area contributed by atoms with E-state index in [9.17, 15) is 0 Å². The lowest BCUT2D eigenvalue weighted by Crippen LogP contribution is -2.42. The molecule has 0 radical (unpaired) electrons. The minimum Gasteiger partial charge on any atom is -0.493 e. The van der Waals surface area contributed by atoms with Crippen molar-refractivity contribution in [2.24, 2.45) is 11.8 Å². The number of likely N-dealkylation sites (N-methyl/N-ethyl adjacent to an activating group) is 1. The highest BCUT2D eigenvalue weighted by atomic mass is 16.5. The SMILES string of the molecule is CC1C=CC(OCCN(C)C2CCNCC2)=CC1C. The topological polar surface area (TPSA) is 24.5 Å². The summed E-state index contributed by atoms with van der Waals surface area (Å²) in [4.78, 5) is 2.44. The van der Waals surface area contributed by atoms with Crippen molar-refractivity contribution in [3.8, 4) is 0 Å². The van der Waals surface area contributed by atoms with Gasteiger partial charge >= 0.3 is 0 Å². The smallest absolute Gasteiger partial charge is 0.115 e. The number of allylic oxidation sites excluding steroid dienone is 3. The molecule has 0 bridgehead atoms. The van der Waals surface area contributed by atoms with Crippen molar-refractivity contribution in [3.05, 3.63) is 24.0 Å². The first kappa shape index (κ1) is 14.6.